The van der Waals surface area contributed by atoms with Crippen LogP contribution in [-0.4, -0.2) is 32.2 Å². The van der Waals surface area contributed by atoms with Crippen molar-refractivity contribution in [3.05, 3.63) is 40.3 Å². The van der Waals surface area contributed by atoms with Gasteiger partial charge in [-0.15, -0.1) is 0 Å². The maximum absolute atomic E-state index is 12.4. The minimum Gasteiger partial charge on any atom is -0.480 e. The minimum absolute atomic E-state index is 0.302. The second kappa shape index (κ2) is 7.07. The lowest BCUT2D eigenvalue weighted by Crippen LogP contribution is -2.43. The van der Waals surface area contributed by atoms with Crippen LogP contribution in [0.4, 0.5) is 0 Å². The number of thioether (sulfide) groups is 1. The topological polar surface area (TPSA) is 57.6 Å². The molecule has 1 aromatic rings. The monoisotopic (exact) mass is 335 g/mol. The van der Waals surface area contributed by atoms with Gasteiger partial charge in [0, 0.05) is 0 Å². The highest BCUT2D eigenvalue weighted by atomic mass is 32.2. The molecule has 2 rings (SSSR count). The van der Waals surface area contributed by atoms with Crippen molar-refractivity contribution < 1.29 is 14.7 Å². The molecule has 116 valence electrons. The number of thiocarbonyl (C=S) groups is 1. The van der Waals surface area contributed by atoms with E-state index in [0.29, 0.717) is 15.6 Å². The van der Waals surface area contributed by atoms with Gasteiger partial charge in [-0.25, -0.2) is 4.79 Å². The first-order valence-electron chi connectivity index (χ1n) is 7.06. The molecule has 0 aliphatic carbocycles. The molecule has 0 bridgehead atoms. The zero-order chi connectivity index (χ0) is 16.3. The van der Waals surface area contributed by atoms with E-state index < -0.39 is 12.0 Å². The molecule has 1 N–H and O–H groups in total. The second-order valence-electron chi connectivity index (χ2n) is 4.91. The van der Waals surface area contributed by atoms with Crippen LogP contribution in [0.25, 0.3) is 6.08 Å². The Balaban J connectivity index is 2.26. The number of hydrogen-bond acceptors (Lipinski definition) is 4. The molecule has 1 fully saturated rings. The quantitative estimate of drug-likeness (QED) is 0.661. The van der Waals surface area contributed by atoms with Crippen molar-refractivity contribution in [1.29, 1.82) is 0 Å². The van der Waals surface area contributed by atoms with Gasteiger partial charge in [0.25, 0.3) is 5.91 Å². The molecule has 1 amide bonds. The van der Waals surface area contributed by atoms with E-state index in [2.05, 4.69) is 6.92 Å². The number of carbonyl (C=O) groups excluding carboxylic acids is 1. The Kier molecular flexibility index (Phi) is 5.37. The lowest BCUT2D eigenvalue weighted by atomic mass is 10.1. The normalized spacial score (nSPS) is 18.1. The summed E-state index contributed by atoms with van der Waals surface area (Å²) in [6.07, 6.45) is 3.03. The first-order valence-corrected chi connectivity index (χ1v) is 8.29. The van der Waals surface area contributed by atoms with Gasteiger partial charge in [0.15, 0.2) is 0 Å². The van der Waals surface area contributed by atoms with Gasteiger partial charge in [-0.3, -0.25) is 9.69 Å². The number of carboxylic acid groups (broad SMARTS) is 1. The van der Waals surface area contributed by atoms with Crippen LogP contribution in [0, 0.1) is 0 Å². The van der Waals surface area contributed by atoms with Crippen molar-refractivity contribution in [2.24, 2.45) is 0 Å². The van der Waals surface area contributed by atoms with Crippen molar-refractivity contribution in [1.82, 2.24) is 4.90 Å². The summed E-state index contributed by atoms with van der Waals surface area (Å²) in [6.45, 7) is 3.81. The number of amides is 1. The van der Waals surface area contributed by atoms with Crippen LogP contribution in [0.2, 0.25) is 0 Å². The van der Waals surface area contributed by atoms with Crippen LogP contribution in [0.15, 0.2) is 29.2 Å². The van der Waals surface area contributed by atoms with Crippen LogP contribution in [-0.2, 0) is 16.0 Å². The lowest BCUT2D eigenvalue weighted by molar-refractivity contribution is -0.145. The molecular formula is C16H17NO3S2. The third kappa shape index (κ3) is 3.39. The van der Waals surface area contributed by atoms with Crippen LogP contribution in [0.1, 0.15) is 31.4 Å². The van der Waals surface area contributed by atoms with E-state index >= 15 is 0 Å². The van der Waals surface area contributed by atoms with Crippen LogP contribution in [0.3, 0.4) is 0 Å². The van der Waals surface area contributed by atoms with Crippen LogP contribution in [0.5, 0.6) is 0 Å². The average Bonchev–Trinajstić information content (AvgIpc) is 2.76. The highest BCUT2D eigenvalue weighted by Crippen LogP contribution is 2.34. The summed E-state index contributed by atoms with van der Waals surface area (Å²) in [4.78, 5) is 25.4. The summed E-state index contributed by atoms with van der Waals surface area (Å²) in [7, 11) is 0. The number of rotatable bonds is 5. The smallest absolute Gasteiger partial charge is 0.326 e. The van der Waals surface area contributed by atoms with Gasteiger partial charge in [-0.1, -0.05) is 62.1 Å². The SMILES string of the molecule is CCc1ccc(/C=C2\SC(=S)N([C@@H](CC)C(=O)O)C2=O)cc1. The minimum atomic E-state index is -1.03. The number of hydrogen-bond donors (Lipinski definition) is 1. The molecule has 0 unspecified atom stereocenters. The fraction of sp³-hybridized carbons (Fsp3) is 0.312. The van der Waals surface area contributed by atoms with Crippen LogP contribution >= 0.6 is 24.0 Å². The molecule has 0 spiro atoms. The average molecular weight is 335 g/mol. The summed E-state index contributed by atoms with van der Waals surface area (Å²) in [5.74, 6) is -1.36. The molecule has 1 heterocycles. The summed E-state index contributed by atoms with van der Waals surface area (Å²) in [5, 5.41) is 9.22. The molecule has 22 heavy (non-hydrogen) atoms. The van der Waals surface area contributed by atoms with E-state index in [0.717, 1.165) is 23.7 Å². The lowest BCUT2D eigenvalue weighted by Gasteiger charge is -2.21. The molecule has 1 atom stereocenters. The van der Waals surface area contributed by atoms with Crippen LogP contribution < -0.4 is 0 Å². The van der Waals surface area contributed by atoms with Gasteiger partial charge >= 0.3 is 5.97 Å². The second-order valence-corrected chi connectivity index (χ2v) is 6.58. The van der Waals surface area contributed by atoms with Crippen molar-refractivity contribution in [3.8, 4) is 0 Å². The van der Waals surface area contributed by atoms with E-state index in [9.17, 15) is 14.7 Å². The third-order valence-electron chi connectivity index (χ3n) is 3.49. The molecule has 6 heteroatoms. The van der Waals surface area contributed by atoms with E-state index in [1.54, 1.807) is 13.0 Å². The Labute approximate surface area is 139 Å². The molecule has 1 saturated heterocycles. The molecule has 1 aliphatic rings. The van der Waals surface area contributed by atoms with Gasteiger partial charge < -0.3 is 5.11 Å². The number of carbonyl (C=O) groups is 2. The number of carboxylic acids is 1. The van der Waals surface area contributed by atoms with Crippen molar-refractivity contribution >= 4 is 46.3 Å². The standard InChI is InChI=1S/C16H17NO3S2/c1-3-10-5-7-11(8-6-10)9-13-14(18)17(16(21)22-13)12(4-2)15(19)20/h5-9,12H,3-4H2,1-2H3,(H,19,20)/b13-9-/t12-/m0/s1. The maximum atomic E-state index is 12.4. The molecule has 1 aromatic carbocycles. The summed E-state index contributed by atoms with van der Waals surface area (Å²) in [5.41, 5.74) is 2.13. The highest BCUT2D eigenvalue weighted by Gasteiger charge is 2.39. The largest absolute Gasteiger partial charge is 0.480 e. The fourth-order valence-corrected chi connectivity index (χ4v) is 3.57. The summed E-state index contributed by atoms with van der Waals surface area (Å²) < 4.78 is 0.302. The van der Waals surface area contributed by atoms with E-state index in [1.165, 1.54) is 10.5 Å². The number of aryl methyl sites for hydroxylation is 1. The number of aliphatic carboxylic acids is 1. The van der Waals surface area contributed by atoms with E-state index in [4.69, 9.17) is 12.2 Å². The molecule has 4 nitrogen and oxygen atoms in total. The molecule has 1 aliphatic heterocycles. The summed E-state index contributed by atoms with van der Waals surface area (Å²) in [6, 6.07) is 7.01. The Bertz CT molecular complexity index is 637. The first-order chi connectivity index (χ1) is 10.5. The molecule has 0 radical (unpaired) electrons. The molecule has 0 aromatic heterocycles. The number of nitrogens with zero attached hydrogens (tertiary/aromatic N) is 1. The maximum Gasteiger partial charge on any atom is 0.326 e. The predicted octanol–water partition coefficient (Wildman–Crippen LogP) is 3.31. The fourth-order valence-electron chi connectivity index (χ4n) is 2.22. The highest BCUT2D eigenvalue weighted by molar-refractivity contribution is 8.26. The zero-order valence-corrected chi connectivity index (χ0v) is 14.0. The third-order valence-corrected chi connectivity index (χ3v) is 4.82. The van der Waals surface area contributed by atoms with Crippen molar-refractivity contribution in [3.63, 3.8) is 0 Å². The van der Waals surface area contributed by atoms with E-state index in [1.807, 2.05) is 24.3 Å². The van der Waals surface area contributed by atoms with Gasteiger partial charge in [0.2, 0.25) is 0 Å². The number of benzene rings is 1. The van der Waals surface area contributed by atoms with Crippen molar-refractivity contribution in [2.75, 3.05) is 0 Å². The Hall–Kier alpha value is -1.66. The Morgan fingerprint density at radius 3 is 2.50 bits per heavy atom. The Morgan fingerprint density at radius 2 is 2.00 bits per heavy atom. The van der Waals surface area contributed by atoms with Gasteiger partial charge in [-0.05, 0) is 30.0 Å². The predicted molar refractivity (Wildman–Crippen MR) is 92.5 cm³/mol. The Morgan fingerprint density at radius 1 is 1.36 bits per heavy atom. The van der Waals surface area contributed by atoms with Gasteiger partial charge in [0.1, 0.15) is 10.4 Å². The molecular weight excluding hydrogens is 318 g/mol. The van der Waals surface area contributed by atoms with Gasteiger partial charge in [0.05, 0.1) is 4.91 Å². The molecule has 0 saturated carbocycles. The zero-order valence-electron chi connectivity index (χ0n) is 12.4. The summed E-state index contributed by atoms with van der Waals surface area (Å²) >= 11 is 6.33. The van der Waals surface area contributed by atoms with Crippen molar-refractivity contribution in [2.45, 2.75) is 32.7 Å². The first kappa shape index (κ1) is 16.7. The van der Waals surface area contributed by atoms with E-state index in [-0.39, 0.29) is 5.91 Å². The van der Waals surface area contributed by atoms with Gasteiger partial charge in [-0.2, -0.15) is 0 Å².